The Labute approximate surface area is 85.3 Å². The second-order valence-corrected chi connectivity index (χ2v) is 3.89. The molecule has 0 saturated heterocycles. The maximum Gasteiger partial charge on any atom is 0.317 e. The minimum absolute atomic E-state index is 0.0521. The summed E-state index contributed by atoms with van der Waals surface area (Å²) < 4.78 is 0. The molecule has 4 heteroatoms. The maximum atomic E-state index is 11.7. The van der Waals surface area contributed by atoms with Gasteiger partial charge in [0, 0.05) is 13.1 Å². The lowest BCUT2D eigenvalue weighted by Crippen LogP contribution is -2.59. The van der Waals surface area contributed by atoms with Gasteiger partial charge in [0.25, 0.3) is 0 Å². The van der Waals surface area contributed by atoms with Gasteiger partial charge >= 0.3 is 6.03 Å². The fourth-order valence-electron chi connectivity index (χ4n) is 1.74. The first kappa shape index (κ1) is 11.3. The summed E-state index contributed by atoms with van der Waals surface area (Å²) in [5, 5.41) is 12.1. The summed E-state index contributed by atoms with van der Waals surface area (Å²) >= 11 is 0. The average molecular weight is 200 g/mol. The average Bonchev–Trinajstić information content (AvgIpc) is 2.13. The van der Waals surface area contributed by atoms with E-state index in [0.717, 1.165) is 19.3 Å². The fourth-order valence-corrected chi connectivity index (χ4v) is 1.74. The lowest BCUT2D eigenvalue weighted by Gasteiger charge is -2.42. The van der Waals surface area contributed by atoms with E-state index in [2.05, 4.69) is 5.32 Å². The minimum Gasteiger partial charge on any atom is -0.394 e. The van der Waals surface area contributed by atoms with Crippen LogP contribution in [0.15, 0.2) is 0 Å². The molecule has 1 fully saturated rings. The number of aliphatic hydroxyl groups excluding tert-OH is 1. The van der Waals surface area contributed by atoms with Crippen LogP contribution in [0.3, 0.4) is 0 Å². The quantitative estimate of drug-likeness (QED) is 0.710. The van der Waals surface area contributed by atoms with Crippen molar-refractivity contribution in [1.82, 2.24) is 10.2 Å². The Kier molecular flexibility index (Phi) is 3.75. The Morgan fingerprint density at radius 1 is 1.43 bits per heavy atom. The molecule has 82 valence electrons. The van der Waals surface area contributed by atoms with Crippen molar-refractivity contribution in [3.63, 3.8) is 0 Å². The Morgan fingerprint density at radius 2 is 2.00 bits per heavy atom. The number of rotatable bonds is 4. The van der Waals surface area contributed by atoms with Crippen molar-refractivity contribution >= 4 is 6.03 Å². The summed E-state index contributed by atoms with van der Waals surface area (Å²) in [6.45, 7) is 5.39. The van der Waals surface area contributed by atoms with Crippen molar-refractivity contribution in [3.8, 4) is 0 Å². The summed E-state index contributed by atoms with van der Waals surface area (Å²) in [5.41, 5.74) is -0.320. The first-order valence-corrected chi connectivity index (χ1v) is 5.35. The molecule has 0 radical (unpaired) electrons. The molecule has 4 nitrogen and oxygen atoms in total. The van der Waals surface area contributed by atoms with Gasteiger partial charge in [0.15, 0.2) is 0 Å². The first-order chi connectivity index (χ1) is 6.67. The van der Waals surface area contributed by atoms with Gasteiger partial charge in [0.1, 0.15) is 0 Å². The molecule has 1 aliphatic carbocycles. The van der Waals surface area contributed by atoms with Gasteiger partial charge in [0.05, 0.1) is 12.1 Å². The molecule has 0 aliphatic heterocycles. The van der Waals surface area contributed by atoms with Crippen LogP contribution < -0.4 is 5.32 Å². The number of carbonyl (C=O) groups is 1. The number of hydrogen-bond donors (Lipinski definition) is 2. The molecule has 1 aliphatic rings. The smallest absolute Gasteiger partial charge is 0.317 e. The molecule has 0 unspecified atom stereocenters. The lowest BCUT2D eigenvalue weighted by atomic mass is 9.77. The van der Waals surface area contributed by atoms with Crippen molar-refractivity contribution in [1.29, 1.82) is 0 Å². The molecule has 0 atom stereocenters. The highest BCUT2D eigenvalue weighted by Gasteiger charge is 2.38. The summed E-state index contributed by atoms with van der Waals surface area (Å²) in [6.07, 6.45) is 2.89. The van der Waals surface area contributed by atoms with Gasteiger partial charge in [-0.1, -0.05) is 0 Å². The Hall–Kier alpha value is -0.770. The number of amides is 2. The van der Waals surface area contributed by atoms with Crippen LogP contribution in [-0.2, 0) is 0 Å². The molecule has 0 aromatic carbocycles. The standard InChI is InChI=1S/C10H20N2O2/c1-3-12(4-2)9(14)11-10(8-13)6-5-7-10/h13H,3-8H2,1-2H3,(H,11,14). The molecule has 0 bridgehead atoms. The zero-order valence-corrected chi connectivity index (χ0v) is 9.05. The second kappa shape index (κ2) is 4.64. The third kappa shape index (κ3) is 2.18. The van der Waals surface area contributed by atoms with Crippen LogP contribution in [0, 0.1) is 0 Å². The zero-order valence-electron chi connectivity index (χ0n) is 9.05. The predicted octanol–water partition coefficient (Wildman–Crippen LogP) is 0.953. The molecule has 0 aromatic heterocycles. The van der Waals surface area contributed by atoms with Crippen LogP contribution in [0.25, 0.3) is 0 Å². The number of urea groups is 1. The maximum absolute atomic E-state index is 11.7. The monoisotopic (exact) mass is 200 g/mol. The molecule has 2 amide bonds. The van der Waals surface area contributed by atoms with Crippen molar-refractivity contribution in [2.45, 2.75) is 38.6 Å². The number of carbonyl (C=O) groups excluding carboxylic acids is 1. The van der Waals surface area contributed by atoms with E-state index in [1.54, 1.807) is 4.90 Å². The molecule has 0 aromatic rings. The van der Waals surface area contributed by atoms with Crippen LogP contribution in [0.4, 0.5) is 4.79 Å². The van der Waals surface area contributed by atoms with Crippen LogP contribution in [0.1, 0.15) is 33.1 Å². The number of hydrogen-bond acceptors (Lipinski definition) is 2. The summed E-state index contributed by atoms with van der Waals surface area (Å²) in [4.78, 5) is 13.4. The molecular weight excluding hydrogens is 180 g/mol. The lowest BCUT2D eigenvalue weighted by molar-refractivity contribution is 0.0880. The van der Waals surface area contributed by atoms with Crippen molar-refractivity contribution in [2.75, 3.05) is 19.7 Å². The molecule has 2 N–H and O–H groups in total. The molecular formula is C10H20N2O2. The van der Waals surface area contributed by atoms with E-state index < -0.39 is 0 Å². The summed E-state index contributed by atoms with van der Waals surface area (Å²) in [5.74, 6) is 0. The first-order valence-electron chi connectivity index (χ1n) is 5.35. The van der Waals surface area contributed by atoms with E-state index in [1.165, 1.54) is 0 Å². The van der Waals surface area contributed by atoms with Gasteiger partial charge in [-0.2, -0.15) is 0 Å². The minimum atomic E-state index is -0.320. The van der Waals surface area contributed by atoms with Crippen LogP contribution >= 0.6 is 0 Å². The van der Waals surface area contributed by atoms with E-state index in [1.807, 2.05) is 13.8 Å². The number of nitrogens with zero attached hydrogens (tertiary/aromatic N) is 1. The van der Waals surface area contributed by atoms with Gasteiger partial charge in [-0.15, -0.1) is 0 Å². The normalized spacial score (nSPS) is 18.5. The van der Waals surface area contributed by atoms with Gasteiger partial charge in [0.2, 0.25) is 0 Å². The molecule has 14 heavy (non-hydrogen) atoms. The molecule has 1 rings (SSSR count). The highest BCUT2D eigenvalue weighted by Crippen LogP contribution is 2.31. The van der Waals surface area contributed by atoms with Crippen molar-refractivity contribution in [2.24, 2.45) is 0 Å². The van der Waals surface area contributed by atoms with Crippen LogP contribution in [0.5, 0.6) is 0 Å². The topological polar surface area (TPSA) is 52.6 Å². The van der Waals surface area contributed by atoms with Gasteiger partial charge in [-0.3, -0.25) is 0 Å². The highest BCUT2D eigenvalue weighted by atomic mass is 16.3. The Balaban J connectivity index is 2.46. The van der Waals surface area contributed by atoms with Gasteiger partial charge in [-0.25, -0.2) is 4.79 Å². The van der Waals surface area contributed by atoms with E-state index in [4.69, 9.17) is 0 Å². The SMILES string of the molecule is CCN(CC)C(=O)NC1(CO)CCC1. The van der Waals surface area contributed by atoms with E-state index >= 15 is 0 Å². The fraction of sp³-hybridized carbons (Fsp3) is 0.900. The summed E-state index contributed by atoms with van der Waals surface area (Å²) in [6, 6.07) is -0.0521. The molecule has 0 heterocycles. The Morgan fingerprint density at radius 3 is 2.29 bits per heavy atom. The molecule has 0 spiro atoms. The third-order valence-electron chi connectivity index (χ3n) is 3.04. The number of aliphatic hydroxyl groups is 1. The van der Waals surface area contributed by atoms with Gasteiger partial charge < -0.3 is 15.3 Å². The van der Waals surface area contributed by atoms with Crippen molar-refractivity contribution < 1.29 is 9.90 Å². The molecule has 1 saturated carbocycles. The van der Waals surface area contributed by atoms with E-state index in [9.17, 15) is 9.90 Å². The number of nitrogens with one attached hydrogen (secondary N) is 1. The van der Waals surface area contributed by atoms with E-state index in [-0.39, 0.29) is 18.2 Å². The predicted molar refractivity (Wildman–Crippen MR) is 55.1 cm³/mol. The highest BCUT2D eigenvalue weighted by molar-refractivity contribution is 5.75. The van der Waals surface area contributed by atoms with Crippen LogP contribution in [-0.4, -0.2) is 41.3 Å². The zero-order chi connectivity index (χ0) is 10.6. The largest absolute Gasteiger partial charge is 0.394 e. The third-order valence-corrected chi connectivity index (χ3v) is 3.04. The van der Waals surface area contributed by atoms with Crippen LogP contribution in [0.2, 0.25) is 0 Å². The summed E-state index contributed by atoms with van der Waals surface area (Å²) in [7, 11) is 0. The van der Waals surface area contributed by atoms with Crippen molar-refractivity contribution in [3.05, 3.63) is 0 Å². The van der Waals surface area contributed by atoms with Gasteiger partial charge in [-0.05, 0) is 33.1 Å². The Bertz CT molecular complexity index is 193. The second-order valence-electron chi connectivity index (χ2n) is 3.89. The van der Waals surface area contributed by atoms with E-state index in [0.29, 0.717) is 13.1 Å².